The molecule has 130 valence electrons. The topological polar surface area (TPSA) is 59.1 Å². The number of piperazine rings is 1. The number of hydrogen-bond donors (Lipinski definition) is 0. The number of hydrogen-bond acceptors (Lipinski definition) is 4. The van der Waals surface area contributed by atoms with E-state index in [9.17, 15) is 9.59 Å². The Kier molecular flexibility index (Phi) is 5.84. The van der Waals surface area contributed by atoms with E-state index in [1.54, 1.807) is 43.1 Å². The van der Waals surface area contributed by atoms with E-state index < -0.39 is 0 Å². The first-order valence-corrected chi connectivity index (χ1v) is 7.92. The van der Waals surface area contributed by atoms with Crippen LogP contribution in [0.5, 0.6) is 11.5 Å². The second-order valence-electron chi connectivity index (χ2n) is 5.66. The highest BCUT2D eigenvalue weighted by atomic mass is 16.5. The summed E-state index contributed by atoms with van der Waals surface area (Å²) in [5.74, 6) is 1.13. The maximum absolute atomic E-state index is 12.8. The van der Waals surface area contributed by atoms with E-state index in [1.165, 1.54) is 0 Å². The minimum Gasteiger partial charge on any atom is -0.493 e. The second kappa shape index (κ2) is 7.86. The van der Waals surface area contributed by atoms with E-state index in [-0.39, 0.29) is 11.8 Å². The number of carbonyl (C=O) groups is 2. The molecule has 6 nitrogen and oxygen atoms in total. The van der Waals surface area contributed by atoms with Crippen LogP contribution < -0.4 is 9.47 Å². The van der Waals surface area contributed by atoms with Gasteiger partial charge in [-0.3, -0.25) is 9.59 Å². The second-order valence-corrected chi connectivity index (χ2v) is 5.66. The number of nitrogens with zero attached hydrogens (tertiary/aromatic N) is 2. The Bertz CT molecular complexity index is 634. The molecule has 2 amide bonds. The molecule has 0 saturated carbocycles. The standard InChI is InChI=1S/C18H24N2O4/c1-5-6-14-11-15(12-16(23-3)17(14)24-4)18(22)20-9-7-19(8-10-20)13(2)21/h5,11-12H,1,6-10H2,2-4H3. The van der Waals surface area contributed by atoms with Gasteiger partial charge in [-0.2, -0.15) is 0 Å². The van der Waals surface area contributed by atoms with Gasteiger partial charge in [0.2, 0.25) is 5.91 Å². The van der Waals surface area contributed by atoms with Crippen molar-refractivity contribution in [3.63, 3.8) is 0 Å². The molecule has 6 heteroatoms. The highest BCUT2D eigenvalue weighted by Crippen LogP contribution is 2.33. The van der Waals surface area contributed by atoms with Gasteiger partial charge in [0.1, 0.15) is 0 Å². The lowest BCUT2D eigenvalue weighted by atomic mass is 10.0. The van der Waals surface area contributed by atoms with Crippen LogP contribution in [0.1, 0.15) is 22.8 Å². The fourth-order valence-electron chi connectivity index (χ4n) is 2.88. The number of amides is 2. The molecule has 0 aromatic heterocycles. The van der Waals surface area contributed by atoms with Gasteiger partial charge in [0, 0.05) is 44.2 Å². The van der Waals surface area contributed by atoms with Crippen molar-refractivity contribution in [2.75, 3.05) is 40.4 Å². The average molecular weight is 332 g/mol. The summed E-state index contributed by atoms with van der Waals surface area (Å²) in [6.07, 6.45) is 2.34. The minimum atomic E-state index is -0.0653. The molecule has 1 fully saturated rings. The van der Waals surface area contributed by atoms with Gasteiger partial charge in [-0.1, -0.05) is 6.08 Å². The summed E-state index contributed by atoms with van der Waals surface area (Å²) in [6, 6.07) is 3.52. The van der Waals surface area contributed by atoms with Crippen molar-refractivity contribution in [3.05, 3.63) is 35.9 Å². The lowest BCUT2D eigenvalue weighted by molar-refractivity contribution is -0.130. The smallest absolute Gasteiger partial charge is 0.254 e. The monoisotopic (exact) mass is 332 g/mol. The van der Waals surface area contributed by atoms with Crippen molar-refractivity contribution in [3.8, 4) is 11.5 Å². The summed E-state index contributed by atoms with van der Waals surface area (Å²) in [6.45, 7) is 7.49. The predicted molar refractivity (Wildman–Crippen MR) is 91.6 cm³/mol. The van der Waals surface area contributed by atoms with Crippen molar-refractivity contribution in [1.82, 2.24) is 9.80 Å². The van der Waals surface area contributed by atoms with Crippen LogP contribution in [0.4, 0.5) is 0 Å². The van der Waals surface area contributed by atoms with Crippen LogP contribution in [0.15, 0.2) is 24.8 Å². The molecule has 2 rings (SSSR count). The van der Waals surface area contributed by atoms with E-state index in [4.69, 9.17) is 9.47 Å². The number of benzene rings is 1. The van der Waals surface area contributed by atoms with Crippen molar-refractivity contribution in [2.45, 2.75) is 13.3 Å². The minimum absolute atomic E-state index is 0.0430. The van der Waals surface area contributed by atoms with Crippen molar-refractivity contribution >= 4 is 11.8 Å². The van der Waals surface area contributed by atoms with E-state index in [1.807, 2.05) is 6.07 Å². The zero-order chi connectivity index (χ0) is 17.7. The highest BCUT2D eigenvalue weighted by Gasteiger charge is 2.25. The maximum Gasteiger partial charge on any atom is 0.254 e. The summed E-state index contributed by atoms with van der Waals surface area (Å²) in [7, 11) is 3.13. The van der Waals surface area contributed by atoms with Gasteiger partial charge in [0.05, 0.1) is 14.2 Å². The van der Waals surface area contributed by atoms with E-state index in [0.717, 1.165) is 5.56 Å². The van der Waals surface area contributed by atoms with Crippen LogP contribution in [0.25, 0.3) is 0 Å². The zero-order valence-electron chi connectivity index (χ0n) is 14.5. The predicted octanol–water partition coefficient (Wildman–Crippen LogP) is 1.74. The Balaban J connectivity index is 2.24. The third kappa shape index (κ3) is 3.69. The number of ether oxygens (including phenoxy) is 2. The van der Waals surface area contributed by atoms with Crippen molar-refractivity contribution < 1.29 is 19.1 Å². The van der Waals surface area contributed by atoms with E-state index >= 15 is 0 Å². The van der Waals surface area contributed by atoms with Crippen LogP contribution in [-0.4, -0.2) is 62.0 Å². The Morgan fingerprint density at radius 1 is 1.12 bits per heavy atom. The normalized spacial score (nSPS) is 14.3. The van der Waals surface area contributed by atoms with Gasteiger partial charge >= 0.3 is 0 Å². The van der Waals surface area contributed by atoms with Gasteiger partial charge in [-0.15, -0.1) is 6.58 Å². The first kappa shape index (κ1) is 17.8. The highest BCUT2D eigenvalue weighted by molar-refractivity contribution is 5.95. The first-order chi connectivity index (χ1) is 11.5. The van der Waals surface area contributed by atoms with E-state index in [2.05, 4.69) is 6.58 Å². The molecule has 1 saturated heterocycles. The number of carbonyl (C=O) groups excluding carboxylic acids is 2. The number of methoxy groups -OCH3 is 2. The molecule has 0 aliphatic carbocycles. The van der Waals surface area contributed by atoms with Gasteiger partial charge in [0.25, 0.3) is 5.91 Å². The third-order valence-electron chi connectivity index (χ3n) is 4.18. The molecule has 0 atom stereocenters. The molecular formula is C18H24N2O4. The summed E-state index contributed by atoms with van der Waals surface area (Å²) < 4.78 is 10.8. The number of allylic oxidation sites excluding steroid dienone is 1. The average Bonchev–Trinajstić information content (AvgIpc) is 2.60. The number of rotatable bonds is 5. The van der Waals surface area contributed by atoms with Crippen molar-refractivity contribution in [2.24, 2.45) is 0 Å². The summed E-state index contributed by atoms with van der Waals surface area (Å²) in [5.41, 5.74) is 1.42. The zero-order valence-corrected chi connectivity index (χ0v) is 14.5. The van der Waals surface area contributed by atoms with Gasteiger partial charge in [0.15, 0.2) is 11.5 Å². The summed E-state index contributed by atoms with van der Waals surface area (Å²) in [4.78, 5) is 27.7. The molecule has 1 heterocycles. The quantitative estimate of drug-likeness (QED) is 0.771. The summed E-state index contributed by atoms with van der Waals surface area (Å²) >= 11 is 0. The SMILES string of the molecule is C=CCc1cc(C(=O)N2CCN(C(C)=O)CC2)cc(OC)c1OC. The van der Waals surface area contributed by atoms with Crippen LogP contribution in [-0.2, 0) is 11.2 Å². The maximum atomic E-state index is 12.8. The van der Waals surface area contributed by atoms with Gasteiger partial charge < -0.3 is 19.3 Å². The molecule has 0 N–H and O–H groups in total. The van der Waals surface area contributed by atoms with Crippen LogP contribution in [0.3, 0.4) is 0 Å². The van der Waals surface area contributed by atoms with E-state index in [0.29, 0.717) is 49.7 Å². The van der Waals surface area contributed by atoms with Crippen LogP contribution >= 0.6 is 0 Å². The molecule has 0 bridgehead atoms. The molecule has 0 spiro atoms. The molecule has 1 aliphatic rings. The molecule has 24 heavy (non-hydrogen) atoms. The lowest BCUT2D eigenvalue weighted by Gasteiger charge is -2.34. The lowest BCUT2D eigenvalue weighted by Crippen LogP contribution is -2.50. The van der Waals surface area contributed by atoms with Crippen LogP contribution in [0.2, 0.25) is 0 Å². The third-order valence-corrected chi connectivity index (χ3v) is 4.18. The Morgan fingerprint density at radius 3 is 2.25 bits per heavy atom. The van der Waals surface area contributed by atoms with Crippen LogP contribution in [0, 0.1) is 0 Å². The van der Waals surface area contributed by atoms with Crippen molar-refractivity contribution in [1.29, 1.82) is 0 Å². The fraction of sp³-hybridized carbons (Fsp3) is 0.444. The largest absolute Gasteiger partial charge is 0.493 e. The Morgan fingerprint density at radius 2 is 1.75 bits per heavy atom. The Hall–Kier alpha value is -2.50. The molecule has 1 aliphatic heterocycles. The molecule has 0 unspecified atom stereocenters. The summed E-state index contributed by atoms with van der Waals surface area (Å²) in [5, 5.41) is 0. The molecular weight excluding hydrogens is 308 g/mol. The molecule has 0 radical (unpaired) electrons. The molecule has 1 aromatic rings. The fourth-order valence-corrected chi connectivity index (χ4v) is 2.88. The van der Waals surface area contributed by atoms with Gasteiger partial charge in [-0.05, 0) is 18.6 Å². The van der Waals surface area contributed by atoms with Gasteiger partial charge in [-0.25, -0.2) is 0 Å². The Labute approximate surface area is 142 Å². The first-order valence-electron chi connectivity index (χ1n) is 7.92. The molecule has 1 aromatic carbocycles.